The molecule has 5 aromatic carbocycles. The number of hydrogen-bond donors (Lipinski definition) is 4. The van der Waals surface area contributed by atoms with Crippen LogP contribution in [-0.4, -0.2) is 75.2 Å². The molecule has 16 nitrogen and oxygen atoms in total. The van der Waals surface area contributed by atoms with E-state index in [1.807, 2.05) is 54.9 Å². The Labute approximate surface area is 486 Å². The Balaban J connectivity index is 0.000000201. The quantitative estimate of drug-likeness (QED) is 0.0846. The molecule has 0 unspecified atom stereocenters. The number of carbonyl (C=O) groups is 1. The van der Waals surface area contributed by atoms with Gasteiger partial charge in [0.15, 0.2) is 0 Å². The predicted octanol–water partition coefficient (Wildman–Crippen LogP) is 12.8. The zero-order chi connectivity index (χ0) is 58.2. The lowest BCUT2D eigenvalue weighted by molar-refractivity contribution is 0.120. The lowest BCUT2D eigenvalue weighted by Crippen LogP contribution is -2.51. The van der Waals surface area contributed by atoms with Gasteiger partial charge in [-0.2, -0.15) is 16.8 Å². The Hall–Kier alpha value is -8.45. The maximum Gasteiger partial charge on any atom is 0.407 e. The van der Waals surface area contributed by atoms with Crippen LogP contribution in [0.3, 0.4) is 0 Å². The second kappa shape index (κ2) is 27.8. The van der Waals surface area contributed by atoms with Crippen molar-refractivity contribution < 1.29 is 26.4 Å². The summed E-state index contributed by atoms with van der Waals surface area (Å²) in [6.07, 6.45) is 13.9. The number of nitrogens with two attached hydrogens (primary N) is 1. The molecule has 2 saturated carbocycles. The third-order valence-corrected chi connectivity index (χ3v) is 15.3. The number of aryl methyl sites for hydroxylation is 1. The van der Waals surface area contributed by atoms with Crippen molar-refractivity contribution in [2.24, 2.45) is 5.73 Å². The van der Waals surface area contributed by atoms with Gasteiger partial charge in [0.2, 0.25) is 11.9 Å². The van der Waals surface area contributed by atoms with Crippen molar-refractivity contribution in [1.82, 2.24) is 34.4 Å². The van der Waals surface area contributed by atoms with Crippen molar-refractivity contribution in [3.05, 3.63) is 187 Å². The molecule has 4 atom stereocenters. The average Bonchev–Trinajstić information content (AvgIpc) is 4.15. The molecule has 0 radical (unpaired) electrons. The van der Waals surface area contributed by atoms with Crippen molar-refractivity contribution in [1.29, 1.82) is 0 Å². The monoisotopic (exact) mass is 1140 g/mol. The number of ether oxygens (including phenoxy) is 1. The van der Waals surface area contributed by atoms with Gasteiger partial charge in [0, 0.05) is 85.8 Å². The Morgan fingerprint density at radius 2 is 1.13 bits per heavy atom. The zero-order valence-corrected chi connectivity index (χ0v) is 48.6. The van der Waals surface area contributed by atoms with E-state index in [4.69, 9.17) is 37.3 Å². The van der Waals surface area contributed by atoms with E-state index >= 15 is 0 Å². The van der Waals surface area contributed by atoms with Crippen LogP contribution in [0.25, 0.3) is 61.8 Å². The molecule has 0 aliphatic heterocycles. The summed E-state index contributed by atoms with van der Waals surface area (Å²) < 4.78 is 43.3. The molecule has 4 aromatic heterocycles. The number of para-hydroxylation sites is 4. The van der Waals surface area contributed by atoms with E-state index < -0.39 is 34.8 Å². The highest BCUT2D eigenvalue weighted by Gasteiger charge is 2.35. The molecule has 9 aromatic rings. The molecule has 424 valence electrons. The largest absolute Gasteiger partial charge is 0.445 e. The summed E-state index contributed by atoms with van der Waals surface area (Å²) in [5.41, 5.74) is 19.9. The minimum absolute atomic E-state index is 0.0994. The number of amides is 1. The first-order valence-corrected chi connectivity index (χ1v) is 28.9. The molecule has 4 heterocycles. The molecular weight excluding hydrogens is 1070 g/mol. The van der Waals surface area contributed by atoms with Crippen LogP contribution in [0.15, 0.2) is 158 Å². The summed E-state index contributed by atoms with van der Waals surface area (Å²) in [5, 5.41) is 12.6. The van der Waals surface area contributed by atoms with Crippen LogP contribution in [0.2, 0.25) is 0 Å². The van der Waals surface area contributed by atoms with Gasteiger partial charge in [-0.1, -0.05) is 123 Å². The Morgan fingerprint density at radius 3 is 1.66 bits per heavy atom. The molecule has 82 heavy (non-hydrogen) atoms. The van der Waals surface area contributed by atoms with Gasteiger partial charge in [-0.25, -0.2) is 24.7 Å². The second-order valence-corrected chi connectivity index (χ2v) is 21.6. The highest BCUT2D eigenvalue weighted by molar-refractivity contribution is 7.52. The number of hydrogen-bond acceptors (Lipinski definition) is 13. The van der Waals surface area contributed by atoms with E-state index in [2.05, 4.69) is 179 Å². The number of nitrogens with zero attached hydrogens (tertiary/aromatic N) is 6. The van der Waals surface area contributed by atoms with Crippen molar-refractivity contribution in [3.8, 4) is 33.9 Å². The first-order chi connectivity index (χ1) is 39.7. The van der Waals surface area contributed by atoms with Crippen LogP contribution in [-0.2, 0) is 40.9 Å². The molecule has 0 bridgehead atoms. The molecule has 11 rings (SSSR count). The van der Waals surface area contributed by atoms with Gasteiger partial charge in [0.1, 0.15) is 6.61 Å². The first-order valence-electron chi connectivity index (χ1n) is 27.6. The first kappa shape index (κ1) is 59.7. The normalized spacial score (nSPS) is 18.2. The van der Waals surface area contributed by atoms with Crippen LogP contribution in [0.4, 0.5) is 16.7 Å². The lowest BCUT2D eigenvalue weighted by Gasteiger charge is -2.38. The standard InChI is InChI=1S/C36H37N5O2.C28H33N5.2O2S/c1-4-27-23-37-34(38-28-16-13-21-36(3,22-28)40-35(42)43-24-26-14-7-5-8-15-26)39-33(27)32-25(2)41(29-17-9-6-10-18-29)31-20-12-11-19-30(31)32;1-4-20-18-30-27(31-21-11-10-16-28(3,29)17-21)32-26(20)25-19(2)33(22-12-6-5-7-13-22)24-15-9-8-14-23(24)25;2*1-3-2/h4-12,14-15,17-20,23,28H,1,13,16,21-22,24H2,2-3H3,(H,40,42)(H,37,38,39);5-9,12-15,18,21H,4,10-11,16-17,29H2,1-3H3,(H,30,31,32);;/t28-,36+;21-,28+;;/m11../s1. The molecule has 1 amide bonds. The number of anilines is 2. The fraction of sp³-hybridized carbons (Fsp3) is 0.297. The van der Waals surface area contributed by atoms with Crippen LogP contribution in [0.1, 0.15) is 100 Å². The van der Waals surface area contributed by atoms with Gasteiger partial charge in [-0.05, 0) is 133 Å². The van der Waals surface area contributed by atoms with Crippen LogP contribution in [0, 0.1) is 13.8 Å². The van der Waals surface area contributed by atoms with Gasteiger partial charge >= 0.3 is 29.2 Å². The van der Waals surface area contributed by atoms with Gasteiger partial charge < -0.3 is 35.6 Å². The van der Waals surface area contributed by atoms with Gasteiger partial charge in [0.05, 0.1) is 22.4 Å². The minimum atomic E-state index is -0.750. The van der Waals surface area contributed by atoms with Crippen LogP contribution < -0.4 is 21.7 Å². The maximum atomic E-state index is 12.7. The molecule has 0 saturated heterocycles. The molecule has 2 aliphatic carbocycles. The predicted molar refractivity (Wildman–Crippen MR) is 328 cm³/mol. The fourth-order valence-corrected chi connectivity index (χ4v) is 11.7. The third kappa shape index (κ3) is 14.3. The van der Waals surface area contributed by atoms with Gasteiger partial charge in [-0.3, -0.25) is 0 Å². The summed E-state index contributed by atoms with van der Waals surface area (Å²) in [5.74, 6) is 1.26. The van der Waals surface area contributed by atoms with Crippen LogP contribution in [0.5, 0.6) is 0 Å². The SMILES string of the molecule is C=Cc1cnc(N[C@@H]2CCC[C@](C)(NC(=O)OCc3ccccc3)C2)nc1-c1c(C)n(-c2ccccc2)c2ccccc12.CCc1cnc(N[C@@H]2CCC[C@](C)(N)C2)nc1-c1c(C)n(-c2ccccc2)c2ccccc12.O=S=O.O=S=O. The Morgan fingerprint density at radius 1 is 0.671 bits per heavy atom. The highest BCUT2D eigenvalue weighted by atomic mass is 32.1. The molecule has 2 aliphatic rings. The topological polar surface area (TPSA) is 218 Å². The van der Waals surface area contributed by atoms with Crippen molar-refractivity contribution in [2.45, 2.75) is 122 Å². The van der Waals surface area contributed by atoms with E-state index in [1.54, 1.807) is 0 Å². The lowest BCUT2D eigenvalue weighted by atomic mass is 9.80. The van der Waals surface area contributed by atoms with E-state index in [9.17, 15) is 4.79 Å². The number of aromatic nitrogens is 6. The number of nitrogens with one attached hydrogen (secondary N) is 3. The van der Waals surface area contributed by atoms with E-state index in [0.29, 0.717) is 17.9 Å². The van der Waals surface area contributed by atoms with Crippen molar-refractivity contribution in [2.75, 3.05) is 10.6 Å². The molecular formula is C64H70N10O6S2. The molecule has 2 fully saturated rings. The summed E-state index contributed by atoms with van der Waals surface area (Å²) in [4.78, 5) is 32.2. The molecule has 5 N–H and O–H groups in total. The Bertz CT molecular complexity index is 3700. The summed E-state index contributed by atoms with van der Waals surface area (Å²) in [7, 11) is 0. The average molecular weight is 1140 g/mol. The summed E-state index contributed by atoms with van der Waals surface area (Å²) in [6, 6.07) is 48.1. The number of fused-ring (bicyclic) bond motifs is 2. The Kier molecular flexibility index (Phi) is 20.2. The molecule has 18 heteroatoms. The smallest absolute Gasteiger partial charge is 0.407 e. The third-order valence-electron chi connectivity index (χ3n) is 15.3. The van der Waals surface area contributed by atoms with Gasteiger partial charge in [-0.15, -0.1) is 0 Å². The maximum absolute atomic E-state index is 12.7. The zero-order valence-electron chi connectivity index (χ0n) is 47.0. The van der Waals surface area contributed by atoms with Crippen LogP contribution >= 0.6 is 0 Å². The number of carbonyl (C=O) groups excluding carboxylic acids is 1. The minimum Gasteiger partial charge on any atom is -0.445 e. The highest BCUT2D eigenvalue weighted by Crippen LogP contribution is 2.40. The number of rotatable bonds is 13. The van der Waals surface area contributed by atoms with Gasteiger partial charge in [0.25, 0.3) is 0 Å². The number of alkyl carbamates (subject to hydrolysis) is 1. The van der Waals surface area contributed by atoms with Crippen molar-refractivity contribution >= 4 is 69.0 Å². The molecule has 0 spiro atoms. The van der Waals surface area contributed by atoms with E-state index in [0.717, 1.165) is 119 Å². The summed E-state index contributed by atoms with van der Waals surface area (Å²) >= 11 is -1.50. The van der Waals surface area contributed by atoms with Crippen molar-refractivity contribution in [3.63, 3.8) is 0 Å². The second-order valence-electron chi connectivity index (χ2n) is 21.3. The van der Waals surface area contributed by atoms with E-state index in [-0.39, 0.29) is 18.2 Å². The number of benzene rings is 5. The summed E-state index contributed by atoms with van der Waals surface area (Å²) in [6.45, 7) is 15.0. The van der Waals surface area contributed by atoms with E-state index in [1.165, 1.54) is 22.2 Å². The fourth-order valence-electron chi connectivity index (χ4n) is 11.7.